The Morgan fingerprint density at radius 2 is 1.86 bits per heavy atom. The van der Waals surface area contributed by atoms with Crippen molar-refractivity contribution in [3.63, 3.8) is 0 Å². The lowest BCUT2D eigenvalue weighted by Gasteiger charge is -2.56. The van der Waals surface area contributed by atoms with Crippen molar-refractivity contribution in [2.24, 2.45) is 11.3 Å². The van der Waals surface area contributed by atoms with Gasteiger partial charge in [-0.2, -0.15) is 0 Å². The van der Waals surface area contributed by atoms with Crippen molar-refractivity contribution in [3.05, 3.63) is 34.9 Å². The molecule has 22 heavy (non-hydrogen) atoms. The van der Waals surface area contributed by atoms with Gasteiger partial charge in [0.05, 0.1) is 0 Å². The van der Waals surface area contributed by atoms with Gasteiger partial charge in [0, 0.05) is 5.41 Å². The molecular weight excluding hydrogens is 272 g/mol. The van der Waals surface area contributed by atoms with Gasteiger partial charge in [-0.15, -0.1) is 0 Å². The fourth-order valence-corrected chi connectivity index (χ4v) is 5.23. The van der Waals surface area contributed by atoms with Crippen LogP contribution in [-0.4, -0.2) is 16.5 Å². The van der Waals surface area contributed by atoms with E-state index in [0.717, 1.165) is 32.1 Å². The lowest BCUT2D eigenvalue weighted by Crippen LogP contribution is -2.53. The van der Waals surface area contributed by atoms with Gasteiger partial charge in [0.25, 0.3) is 0 Å². The maximum Gasteiger partial charge on any atom is 0.157 e. The van der Waals surface area contributed by atoms with Gasteiger partial charge in [-0.1, -0.05) is 52.3 Å². The lowest BCUT2D eigenvalue weighted by atomic mass is 9.49. The molecule has 3 rings (SSSR count). The van der Waals surface area contributed by atoms with E-state index in [4.69, 9.17) is 0 Å². The van der Waals surface area contributed by atoms with E-state index in [1.54, 1.807) is 0 Å². The average molecular weight is 302 g/mol. The Kier molecular flexibility index (Phi) is 3.89. The third kappa shape index (κ3) is 2.23. The number of rotatable bonds is 2. The summed E-state index contributed by atoms with van der Waals surface area (Å²) < 4.78 is 0. The highest BCUT2D eigenvalue weighted by atomic mass is 16.5. The van der Waals surface area contributed by atoms with Crippen molar-refractivity contribution < 1.29 is 10.2 Å². The number of fused-ring (bicyclic) bond motifs is 3. The molecule has 0 spiro atoms. The van der Waals surface area contributed by atoms with Crippen LogP contribution in [0.1, 0.15) is 76.0 Å². The molecule has 1 fully saturated rings. The SMILES string of the molecule is CC(C)c1ccc2c(c1)CC[C@@H]1[C@]2(C)CCC[C@]1(C)C(O)O. The van der Waals surface area contributed by atoms with Crippen molar-refractivity contribution >= 4 is 0 Å². The largest absolute Gasteiger partial charge is 0.368 e. The summed E-state index contributed by atoms with van der Waals surface area (Å²) >= 11 is 0. The third-order valence-corrected chi connectivity index (χ3v) is 6.68. The summed E-state index contributed by atoms with van der Waals surface area (Å²) in [7, 11) is 0. The topological polar surface area (TPSA) is 40.5 Å². The van der Waals surface area contributed by atoms with Crippen molar-refractivity contribution in [1.29, 1.82) is 0 Å². The maximum absolute atomic E-state index is 10.0. The molecule has 2 N–H and O–H groups in total. The Balaban J connectivity index is 2.06. The van der Waals surface area contributed by atoms with Crippen LogP contribution in [0.3, 0.4) is 0 Å². The first-order valence-corrected chi connectivity index (χ1v) is 8.78. The van der Waals surface area contributed by atoms with Gasteiger partial charge in [0.1, 0.15) is 0 Å². The predicted molar refractivity (Wildman–Crippen MR) is 89.9 cm³/mol. The molecule has 0 unspecified atom stereocenters. The number of aryl methyl sites for hydroxylation is 1. The number of hydrogen-bond donors (Lipinski definition) is 2. The van der Waals surface area contributed by atoms with Crippen molar-refractivity contribution in [1.82, 2.24) is 0 Å². The molecule has 1 saturated carbocycles. The highest BCUT2D eigenvalue weighted by molar-refractivity contribution is 5.42. The summed E-state index contributed by atoms with van der Waals surface area (Å²) in [5.74, 6) is 0.915. The van der Waals surface area contributed by atoms with Crippen LogP contribution >= 0.6 is 0 Å². The predicted octanol–water partition coefficient (Wildman–Crippen LogP) is 4.13. The van der Waals surface area contributed by atoms with Gasteiger partial charge < -0.3 is 10.2 Å². The first kappa shape index (κ1) is 16.0. The van der Waals surface area contributed by atoms with Crippen LogP contribution in [0.15, 0.2) is 18.2 Å². The lowest BCUT2D eigenvalue weighted by molar-refractivity contribution is -0.179. The zero-order chi connectivity index (χ0) is 16.1. The van der Waals surface area contributed by atoms with Gasteiger partial charge in [-0.05, 0) is 59.6 Å². The number of hydrogen-bond acceptors (Lipinski definition) is 2. The molecule has 2 aliphatic carbocycles. The Bertz CT molecular complexity index is 563. The van der Waals surface area contributed by atoms with Crippen molar-refractivity contribution in [3.8, 4) is 0 Å². The van der Waals surface area contributed by atoms with Gasteiger partial charge in [0.15, 0.2) is 6.29 Å². The quantitative estimate of drug-likeness (QED) is 0.806. The fourth-order valence-electron chi connectivity index (χ4n) is 5.23. The van der Waals surface area contributed by atoms with Crippen LogP contribution in [0.25, 0.3) is 0 Å². The summed E-state index contributed by atoms with van der Waals surface area (Å²) in [4.78, 5) is 0. The molecule has 1 aromatic carbocycles. The molecule has 0 bridgehead atoms. The van der Waals surface area contributed by atoms with Crippen LogP contribution in [0, 0.1) is 11.3 Å². The Hall–Kier alpha value is -0.860. The van der Waals surface area contributed by atoms with Crippen LogP contribution in [0.5, 0.6) is 0 Å². The number of aliphatic hydroxyl groups is 2. The average Bonchev–Trinajstić information content (AvgIpc) is 2.46. The minimum Gasteiger partial charge on any atom is -0.368 e. The van der Waals surface area contributed by atoms with Crippen molar-refractivity contribution in [2.75, 3.05) is 0 Å². The first-order valence-electron chi connectivity index (χ1n) is 8.78. The molecule has 0 aliphatic heterocycles. The number of aliphatic hydroxyl groups excluding tert-OH is 1. The van der Waals surface area contributed by atoms with Crippen LogP contribution in [0.2, 0.25) is 0 Å². The van der Waals surface area contributed by atoms with E-state index in [1.807, 2.05) is 0 Å². The van der Waals surface area contributed by atoms with Crippen LogP contribution in [0.4, 0.5) is 0 Å². The van der Waals surface area contributed by atoms with Gasteiger partial charge in [0.2, 0.25) is 0 Å². The normalized spacial score (nSPS) is 34.6. The molecule has 122 valence electrons. The summed E-state index contributed by atoms with van der Waals surface area (Å²) in [6, 6.07) is 6.99. The fraction of sp³-hybridized carbons (Fsp3) is 0.700. The molecule has 0 saturated heterocycles. The molecule has 2 aliphatic rings. The molecular formula is C20H30O2. The zero-order valence-corrected chi connectivity index (χ0v) is 14.4. The van der Waals surface area contributed by atoms with Crippen molar-refractivity contribution in [2.45, 2.75) is 77.4 Å². The standard InChI is InChI=1S/C20H30O2/c1-13(2)14-6-8-16-15(12-14)7-9-17-19(16,3)10-5-11-20(17,4)18(21)22/h6,8,12-13,17-18,21-22H,5,7,9-11H2,1-4H3/t17-,19-,20+/m1/s1. The maximum atomic E-state index is 10.0. The third-order valence-electron chi connectivity index (χ3n) is 6.68. The Morgan fingerprint density at radius 1 is 1.14 bits per heavy atom. The van der Waals surface area contributed by atoms with Gasteiger partial charge >= 0.3 is 0 Å². The smallest absolute Gasteiger partial charge is 0.157 e. The summed E-state index contributed by atoms with van der Waals surface area (Å²) in [6.45, 7) is 8.92. The van der Waals surface area contributed by atoms with Crippen LogP contribution in [-0.2, 0) is 11.8 Å². The van der Waals surface area contributed by atoms with Gasteiger partial charge in [-0.3, -0.25) is 0 Å². The number of benzene rings is 1. The zero-order valence-electron chi connectivity index (χ0n) is 14.4. The molecule has 2 nitrogen and oxygen atoms in total. The van der Waals surface area contributed by atoms with E-state index in [1.165, 1.54) is 16.7 Å². The van der Waals surface area contributed by atoms with E-state index in [2.05, 4.69) is 45.9 Å². The van der Waals surface area contributed by atoms with E-state index in [9.17, 15) is 10.2 Å². The second kappa shape index (κ2) is 5.35. The molecule has 1 aromatic rings. The second-order valence-corrected chi connectivity index (χ2v) is 8.31. The molecule has 0 radical (unpaired) electrons. The molecule has 3 atom stereocenters. The molecule has 2 heteroatoms. The van der Waals surface area contributed by atoms with E-state index in [-0.39, 0.29) is 10.8 Å². The van der Waals surface area contributed by atoms with Gasteiger partial charge in [-0.25, -0.2) is 0 Å². The highest BCUT2D eigenvalue weighted by Crippen LogP contribution is 2.58. The minimum absolute atomic E-state index is 0.0831. The van der Waals surface area contributed by atoms with E-state index >= 15 is 0 Å². The molecule has 0 heterocycles. The monoisotopic (exact) mass is 302 g/mol. The van der Waals surface area contributed by atoms with Crippen LogP contribution < -0.4 is 0 Å². The Labute approximate surface area is 134 Å². The molecule has 0 amide bonds. The van der Waals surface area contributed by atoms with E-state index in [0.29, 0.717) is 11.8 Å². The summed E-state index contributed by atoms with van der Waals surface area (Å²) in [5.41, 5.74) is 4.07. The summed E-state index contributed by atoms with van der Waals surface area (Å²) in [6.07, 6.45) is 4.08. The molecule has 0 aromatic heterocycles. The Morgan fingerprint density at radius 3 is 2.50 bits per heavy atom. The first-order chi connectivity index (χ1) is 10.3. The van der Waals surface area contributed by atoms with E-state index < -0.39 is 6.29 Å². The highest BCUT2D eigenvalue weighted by Gasteiger charge is 2.54. The second-order valence-electron chi connectivity index (χ2n) is 8.31. The summed E-state index contributed by atoms with van der Waals surface area (Å²) in [5, 5.41) is 20.0. The minimum atomic E-state index is -1.21.